The van der Waals surface area contributed by atoms with E-state index in [-0.39, 0.29) is 12.0 Å². The number of aliphatic hydroxyl groups is 1. The fourth-order valence-electron chi connectivity index (χ4n) is 2.98. The van der Waals surface area contributed by atoms with Crippen molar-refractivity contribution in [2.75, 3.05) is 39.4 Å². The average molecular weight is 312 g/mol. The summed E-state index contributed by atoms with van der Waals surface area (Å²) in [6, 6.07) is 0. The van der Waals surface area contributed by atoms with Gasteiger partial charge in [0, 0.05) is 32.1 Å². The van der Waals surface area contributed by atoms with Gasteiger partial charge in [0.05, 0.1) is 25.2 Å². The maximum Gasteiger partial charge on any atom is 0.410 e. The molecule has 6 heteroatoms. The molecule has 1 amide bonds. The Balaban J connectivity index is 1.98. The second-order valence-corrected chi connectivity index (χ2v) is 6.92. The number of carbonyl (C=O) groups excluding carboxylic acids is 1. The number of piperidine rings is 1. The molecule has 0 aromatic heterocycles. The van der Waals surface area contributed by atoms with Crippen LogP contribution in [0.1, 0.15) is 33.6 Å². The van der Waals surface area contributed by atoms with Gasteiger partial charge in [-0.25, -0.2) is 4.79 Å². The van der Waals surface area contributed by atoms with Crippen molar-refractivity contribution in [3.63, 3.8) is 0 Å². The number of rotatable bonds is 2. The molecule has 1 N–H and O–H groups in total. The van der Waals surface area contributed by atoms with Crippen LogP contribution < -0.4 is 0 Å². The van der Waals surface area contributed by atoms with Crippen molar-refractivity contribution < 1.29 is 19.4 Å². The van der Waals surface area contributed by atoms with E-state index in [4.69, 9.17) is 9.47 Å². The minimum Gasteiger partial charge on any atom is -0.514 e. The average Bonchev–Trinajstić information content (AvgIpc) is 2.48. The van der Waals surface area contributed by atoms with Crippen LogP contribution >= 0.6 is 0 Å². The number of carbonyl (C=O) groups is 1. The highest BCUT2D eigenvalue weighted by Gasteiger charge is 2.31. The van der Waals surface area contributed by atoms with Gasteiger partial charge in [0.15, 0.2) is 0 Å². The van der Waals surface area contributed by atoms with Crippen molar-refractivity contribution in [1.82, 2.24) is 9.80 Å². The van der Waals surface area contributed by atoms with Crippen LogP contribution in [0.4, 0.5) is 4.79 Å². The first kappa shape index (κ1) is 16.9. The first-order chi connectivity index (χ1) is 10.4. The van der Waals surface area contributed by atoms with Gasteiger partial charge in [-0.2, -0.15) is 0 Å². The normalized spacial score (nSPS) is 24.3. The largest absolute Gasteiger partial charge is 0.514 e. The van der Waals surface area contributed by atoms with Gasteiger partial charge in [-0.3, -0.25) is 0 Å². The van der Waals surface area contributed by atoms with Crippen LogP contribution in [0.25, 0.3) is 0 Å². The van der Waals surface area contributed by atoms with E-state index in [2.05, 4.69) is 4.90 Å². The SMILES string of the molecule is CC(C)(C)OC(=O)N1CCCC(/C(=C/O)N2CCOCC2)C1. The van der Waals surface area contributed by atoms with Crippen LogP contribution in [-0.4, -0.2) is 66.0 Å². The van der Waals surface area contributed by atoms with E-state index >= 15 is 0 Å². The van der Waals surface area contributed by atoms with E-state index in [1.807, 2.05) is 20.8 Å². The molecule has 0 bridgehead atoms. The number of ether oxygens (including phenoxy) is 2. The lowest BCUT2D eigenvalue weighted by molar-refractivity contribution is 0.0132. The molecular weight excluding hydrogens is 284 g/mol. The van der Waals surface area contributed by atoms with E-state index in [1.165, 1.54) is 6.26 Å². The first-order valence-electron chi connectivity index (χ1n) is 8.05. The topological polar surface area (TPSA) is 62.2 Å². The van der Waals surface area contributed by atoms with Crippen LogP contribution in [-0.2, 0) is 9.47 Å². The van der Waals surface area contributed by atoms with Crippen LogP contribution in [0.15, 0.2) is 12.0 Å². The number of aliphatic hydroxyl groups excluding tert-OH is 1. The van der Waals surface area contributed by atoms with Gasteiger partial charge in [0.1, 0.15) is 5.60 Å². The Kier molecular flexibility index (Phi) is 5.56. The smallest absolute Gasteiger partial charge is 0.410 e. The van der Waals surface area contributed by atoms with Gasteiger partial charge in [0.25, 0.3) is 0 Å². The van der Waals surface area contributed by atoms with Crippen LogP contribution in [0.2, 0.25) is 0 Å². The Morgan fingerprint density at radius 2 is 1.91 bits per heavy atom. The number of hydrogen-bond donors (Lipinski definition) is 1. The van der Waals surface area contributed by atoms with Gasteiger partial charge < -0.3 is 24.4 Å². The summed E-state index contributed by atoms with van der Waals surface area (Å²) in [6.07, 6.45) is 2.83. The molecule has 0 radical (unpaired) electrons. The Hall–Kier alpha value is -1.43. The zero-order chi connectivity index (χ0) is 16.2. The fraction of sp³-hybridized carbons (Fsp3) is 0.812. The summed E-state index contributed by atoms with van der Waals surface area (Å²) in [6.45, 7) is 9.87. The summed E-state index contributed by atoms with van der Waals surface area (Å²) in [7, 11) is 0. The highest BCUT2D eigenvalue weighted by molar-refractivity contribution is 5.68. The summed E-state index contributed by atoms with van der Waals surface area (Å²) in [5.41, 5.74) is 0.431. The molecule has 2 rings (SSSR count). The number of nitrogens with zero attached hydrogens (tertiary/aromatic N) is 2. The van der Waals surface area contributed by atoms with Crippen molar-refractivity contribution in [2.24, 2.45) is 5.92 Å². The van der Waals surface area contributed by atoms with E-state index in [0.717, 1.165) is 31.6 Å². The van der Waals surface area contributed by atoms with E-state index in [9.17, 15) is 9.90 Å². The quantitative estimate of drug-likeness (QED) is 0.793. The lowest BCUT2D eigenvalue weighted by atomic mass is 9.94. The molecule has 0 spiro atoms. The minimum atomic E-state index is -0.482. The molecule has 2 heterocycles. The maximum atomic E-state index is 12.2. The molecule has 2 fully saturated rings. The lowest BCUT2D eigenvalue weighted by Gasteiger charge is -2.39. The van der Waals surface area contributed by atoms with Crippen LogP contribution in [0, 0.1) is 5.92 Å². The van der Waals surface area contributed by atoms with Crippen molar-refractivity contribution in [2.45, 2.75) is 39.2 Å². The number of hydrogen-bond acceptors (Lipinski definition) is 5. The summed E-state index contributed by atoms with van der Waals surface area (Å²) in [5, 5.41) is 9.66. The van der Waals surface area contributed by atoms with Crippen LogP contribution in [0.5, 0.6) is 0 Å². The summed E-state index contributed by atoms with van der Waals surface area (Å²) >= 11 is 0. The van der Waals surface area contributed by atoms with E-state index in [1.54, 1.807) is 4.90 Å². The molecule has 2 saturated heterocycles. The third kappa shape index (κ3) is 4.53. The summed E-state index contributed by atoms with van der Waals surface area (Å²) < 4.78 is 10.8. The van der Waals surface area contributed by atoms with E-state index < -0.39 is 5.60 Å². The van der Waals surface area contributed by atoms with E-state index in [0.29, 0.717) is 26.3 Å². The molecule has 1 atom stereocenters. The third-order valence-corrected chi connectivity index (χ3v) is 4.00. The lowest BCUT2D eigenvalue weighted by Crippen LogP contribution is -2.46. The Labute approximate surface area is 132 Å². The predicted octanol–water partition coefficient (Wildman–Crippen LogP) is 2.37. The molecule has 0 aromatic rings. The monoisotopic (exact) mass is 312 g/mol. The van der Waals surface area contributed by atoms with Crippen molar-refractivity contribution >= 4 is 6.09 Å². The maximum absolute atomic E-state index is 12.2. The van der Waals surface area contributed by atoms with Gasteiger partial charge in [-0.15, -0.1) is 0 Å². The van der Waals surface area contributed by atoms with Crippen molar-refractivity contribution in [3.8, 4) is 0 Å². The van der Waals surface area contributed by atoms with Crippen molar-refractivity contribution in [3.05, 3.63) is 12.0 Å². The first-order valence-corrected chi connectivity index (χ1v) is 8.05. The number of amides is 1. The van der Waals surface area contributed by atoms with Gasteiger partial charge in [0.2, 0.25) is 0 Å². The van der Waals surface area contributed by atoms with Crippen molar-refractivity contribution in [1.29, 1.82) is 0 Å². The highest BCUT2D eigenvalue weighted by Crippen LogP contribution is 2.27. The Morgan fingerprint density at radius 1 is 1.23 bits per heavy atom. The van der Waals surface area contributed by atoms with Gasteiger partial charge >= 0.3 is 6.09 Å². The van der Waals surface area contributed by atoms with Crippen LogP contribution in [0.3, 0.4) is 0 Å². The Morgan fingerprint density at radius 3 is 2.50 bits per heavy atom. The zero-order valence-corrected chi connectivity index (χ0v) is 13.9. The zero-order valence-electron chi connectivity index (χ0n) is 13.9. The molecule has 6 nitrogen and oxygen atoms in total. The molecule has 0 aromatic carbocycles. The fourth-order valence-corrected chi connectivity index (χ4v) is 2.98. The highest BCUT2D eigenvalue weighted by atomic mass is 16.6. The summed E-state index contributed by atoms with van der Waals surface area (Å²) in [5.74, 6) is 0.157. The molecule has 22 heavy (non-hydrogen) atoms. The predicted molar refractivity (Wildman–Crippen MR) is 83.6 cm³/mol. The molecule has 0 saturated carbocycles. The molecular formula is C16H28N2O4. The van der Waals surface area contributed by atoms with Gasteiger partial charge in [-0.1, -0.05) is 0 Å². The summed E-state index contributed by atoms with van der Waals surface area (Å²) in [4.78, 5) is 16.1. The Bertz CT molecular complexity index is 411. The molecule has 0 aliphatic carbocycles. The standard InChI is InChI=1S/C16H28N2O4/c1-16(2,3)22-15(20)18-6-4-5-13(11-18)14(12-19)17-7-9-21-10-8-17/h12-13,19H,4-11H2,1-3H3/b14-12-. The molecule has 1 unspecified atom stereocenters. The number of morpholine rings is 1. The second kappa shape index (κ2) is 7.22. The third-order valence-electron chi connectivity index (χ3n) is 4.00. The number of likely N-dealkylation sites (tertiary alicyclic amines) is 1. The molecule has 2 aliphatic heterocycles. The van der Waals surface area contributed by atoms with Gasteiger partial charge in [-0.05, 0) is 33.6 Å². The second-order valence-electron chi connectivity index (χ2n) is 6.92. The molecule has 2 aliphatic rings. The minimum absolute atomic E-state index is 0.157. The molecule has 126 valence electrons.